The van der Waals surface area contributed by atoms with Crippen LogP contribution in [0.2, 0.25) is 0 Å². The molecule has 0 atom stereocenters. The van der Waals surface area contributed by atoms with E-state index >= 15 is 0 Å². The molecule has 2 aromatic carbocycles. The molecule has 21 heavy (non-hydrogen) atoms. The molecule has 2 aromatic rings. The number of hydrogen-bond acceptors (Lipinski definition) is 2. The predicted octanol–water partition coefficient (Wildman–Crippen LogP) is 3.71. The van der Waals surface area contributed by atoms with Gasteiger partial charge >= 0.3 is 5.92 Å². The Bertz CT molecular complexity index is 649. The zero-order chi connectivity index (χ0) is 15.5. The summed E-state index contributed by atoms with van der Waals surface area (Å²) in [5, 5.41) is 0. The van der Waals surface area contributed by atoms with E-state index in [0.717, 1.165) is 11.1 Å². The van der Waals surface area contributed by atoms with Crippen molar-refractivity contribution in [2.24, 2.45) is 0 Å². The first-order chi connectivity index (χ1) is 9.96. The van der Waals surface area contributed by atoms with Gasteiger partial charge in [0.15, 0.2) is 6.67 Å². The van der Waals surface area contributed by atoms with Gasteiger partial charge in [-0.2, -0.15) is 8.78 Å². The first kappa shape index (κ1) is 15.0. The molecule has 0 aliphatic carbocycles. The van der Waals surface area contributed by atoms with Crippen LogP contribution in [0.3, 0.4) is 0 Å². The number of carbonyl (C=O) groups excluding carboxylic acids is 2. The summed E-state index contributed by atoms with van der Waals surface area (Å²) in [5.74, 6) is -8.05. The average molecular weight is 292 g/mol. The number of rotatable bonds is 5. The molecular weight excluding hydrogens is 281 g/mol. The molecule has 0 aromatic heterocycles. The van der Waals surface area contributed by atoms with Crippen LogP contribution in [0.4, 0.5) is 13.2 Å². The molecule has 0 fully saturated rings. The lowest BCUT2D eigenvalue weighted by atomic mass is 9.99. The van der Waals surface area contributed by atoms with E-state index in [2.05, 4.69) is 0 Å². The lowest BCUT2D eigenvalue weighted by Crippen LogP contribution is -2.39. The zero-order valence-electron chi connectivity index (χ0n) is 10.9. The quantitative estimate of drug-likeness (QED) is 0.622. The standard InChI is InChI=1S/C16H11F3O2/c17-10-14(20)16(18,19)15(21)13-8-6-12(7-9-13)11-4-2-1-3-5-11/h1-9H,10H2. The summed E-state index contributed by atoms with van der Waals surface area (Å²) in [6.07, 6.45) is 0. The van der Waals surface area contributed by atoms with E-state index in [0.29, 0.717) is 0 Å². The molecule has 2 nitrogen and oxygen atoms in total. The molecule has 0 bridgehead atoms. The van der Waals surface area contributed by atoms with Gasteiger partial charge in [-0.1, -0.05) is 54.6 Å². The SMILES string of the molecule is O=C(CF)C(F)(F)C(=O)c1ccc(-c2ccccc2)cc1. The van der Waals surface area contributed by atoms with Crippen molar-refractivity contribution in [2.45, 2.75) is 5.92 Å². The second-order valence-corrected chi connectivity index (χ2v) is 4.40. The van der Waals surface area contributed by atoms with E-state index in [1.165, 1.54) is 24.3 Å². The maximum atomic E-state index is 13.4. The third kappa shape index (κ3) is 3.02. The Kier molecular flexibility index (Phi) is 4.21. The van der Waals surface area contributed by atoms with Crippen molar-refractivity contribution in [1.29, 1.82) is 0 Å². The number of alkyl halides is 3. The molecule has 0 heterocycles. The first-order valence-corrected chi connectivity index (χ1v) is 6.14. The second kappa shape index (κ2) is 5.91. The summed E-state index contributed by atoms with van der Waals surface area (Å²) >= 11 is 0. The Balaban J connectivity index is 2.27. The van der Waals surface area contributed by atoms with E-state index in [1.807, 2.05) is 30.3 Å². The normalized spacial score (nSPS) is 11.2. The Labute approximate surface area is 119 Å². The Hall–Kier alpha value is -2.43. The van der Waals surface area contributed by atoms with Crippen LogP contribution in [0, 0.1) is 0 Å². The third-order valence-corrected chi connectivity index (χ3v) is 3.01. The summed E-state index contributed by atoms with van der Waals surface area (Å²) in [6.45, 7) is -1.87. The topological polar surface area (TPSA) is 34.1 Å². The molecule has 2 rings (SSSR count). The molecule has 0 saturated carbocycles. The van der Waals surface area contributed by atoms with Gasteiger partial charge in [-0.25, -0.2) is 4.39 Å². The van der Waals surface area contributed by atoms with Gasteiger partial charge in [-0.3, -0.25) is 9.59 Å². The Morgan fingerprint density at radius 1 is 0.857 bits per heavy atom. The molecule has 0 N–H and O–H groups in total. The van der Waals surface area contributed by atoms with Crippen molar-refractivity contribution in [2.75, 3.05) is 6.67 Å². The monoisotopic (exact) mass is 292 g/mol. The first-order valence-electron chi connectivity index (χ1n) is 6.14. The fraction of sp³-hybridized carbons (Fsp3) is 0.125. The number of halogens is 3. The minimum absolute atomic E-state index is 0.332. The predicted molar refractivity (Wildman–Crippen MR) is 72.1 cm³/mol. The molecule has 0 aliphatic heterocycles. The Morgan fingerprint density at radius 3 is 1.90 bits per heavy atom. The zero-order valence-corrected chi connectivity index (χ0v) is 10.9. The molecule has 108 valence electrons. The molecule has 0 radical (unpaired) electrons. The number of carbonyl (C=O) groups is 2. The number of Topliss-reactive ketones (excluding diaryl/α,β-unsaturated/α-hetero) is 2. The van der Waals surface area contributed by atoms with Crippen LogP contribution in [0.25, 0.3) is 11.1 Å². The van der Waals surface area contributed by atoms with Crippen molar-refractivity contribution in [3.63, 3.8) is 0 Å². The van der Waals surface area contributed by atoms with Gasteiger partial charge < -0.3 is 0 Å². The van der Waals surface area contributed by atoms with Gasteiger partial charge in [-0.15, -0.1) is 0 Å². The highest BCUT2D eigenvalue weighted by Crippen LogP contribution is 2.24. The van der Waals surface area contributed by atoms with Gasteiger partial charge in [0.05, 0.1) is 0 Å². The summed E-state index contributed by atoms with van der Waals surface area (Å²) in [6, 6.07) is 14.5. The van der Waals surface area contributed by atoms with Gasteiger partial charge in [0.1, 0.15) is 0 Å². The smallest absolute Gasteiger partial charge is 0.289 e. The lowest BCUT2D eigenvalue weighted by molar-refractivity contribution is -0.137. The van der Waals surface area contributed by atoms with Crippen molar-refractivity contribution >= 4 is 11.6 Å². The van der Waals surface area contributed by atoms with Crippen LogP contribution in [-0.4, -0.2) is 24.2 Å². The average Bonchev–Trinajstić information content (AvgIpc) is 2.54. The van der Waals surface area contributed by atoms with Gasteiger partial charge in [0.25, 0.3) is 0 Å². The van der Waals surface area contributed by atoms with Crippen molar-refractivity contribution in [1.82, 2.24) is 0 Å². The van der Waals surface area contributed by atoms with Gasteiger partial charge in [-0.05, 0) is 11.1 Å². The van der Waals surface area contributed by atoms with Crippen LogP contribution in [-0.2, 0) is 4.79 Å². The molecule has 5 heteroatoms. The van der Waals surface area contributed by atoms with E-state index in [1.54, 1.807) is 0 Å². The maximum Gasteiger partial charge on any atom is 0.369 e. The molecule has 0 aliphatic rings. The minimum atomic E-state index is -4.33. The summed E-state index contributed by atoms with van der Waals surface area (Å²) in [4.78, 5) is 22.4. The molecule has 0 unspecified atom stereocenters. The number of benzene rings is 2. The highest BCUT2D eigenvalue weighted by Gasteiger charge is 2.46. The van der Waals surface area contributed by atoms with Crippen LogP contribution in [0.15, 0.2) is 54.6 Å². The van der Waals surface area contributed by atoms with E-state index in [-0.39, 0.29) is 5.56 Å². The van der Waals surface area contributed by atoms with E-state index < -0.39 is 24.2 Å². The fourth-order valence-electron chi connectivity index (χ4n) is 1.84. The highest BCUT2D eigenvalue weighted by molar-refractivity contribution is 6.16. The lowest BCUT2D eigenvalue weighted by Gasteiger charge is -2.12. The molecule has 0 saturated heterocycles. The minimum Gasteiger partial charge on any atom is -0.289 e. The van der Waals surface area contributed by atoms with Crippen molar-refractivity contribution in [3.8, 4) is 11.1 Å². The van der Waals surface area contributed by atoms with E-state index in [9.17, 15) is 22.8 Å². The van der Waals surface area contributed by atoms with Gasteiger partial charge in [0, 0.05) is 5.56 Å². The van der Waals surface area contributed by atoms with Crippen molar-refractivity contribution in [3.05, 3.63) is 60.2 Å². The van der Waals surface area contributed by atoms with Crippen molar-refractivity contribution < 1.29 is 22.8 Å². The Morgan fingerprint density at radius 2 is 1.38 bits per heavy atom. The number of ketones is 2. The highest BCUT2D eigenvalue weighted by atomic mass is 19.3. The molecular formula is C16H11F3O2. The van der Waals surface area contributed by atoms with Crippen LogP contribution >= 0.6 is 0 Å². The fourth-order valence-corrected chi connectivity index (χ4v) is 1.84. The summed E-state index contributed by atoms with van der Waals surface area (Å²) in [5.41, 5.74) is 1.27. The van der Waals surface area contributed by atoms with Gasteiger partial charge in [0.2, 0.25) is 11.6 Å². The molecule has 0 amide bonds. The number of hydrogen-bond donors (Lipinski definition) is 0. The van der Waals surface area contributed by atoms with Crippen LogP contribution < -0.4 is 0 Å². The van der Waals surface area contributed by atoms with Crippen LogP contribution in [0.1, 0.15) is 10.4 Å². The largest absolute Gasteiger partial charge is 0.369 e. The van der Waals surface area contributed by atoms with Crippen LogP contribution in [0.5, 0.6) is 0 Å². The summed E-state index contributed by atoms with van der Waals surface area (Å²) < 4.78 is 38.8. The third-order valence-electron chi connectivity index (χ3n) is 3.01. The molecule has 0 spiro atoms. The second-order valence-electron chi connectivity index (χ2n) is 4.40. The maximum absolute atomic E-state index is 13.4. The van der Waals surface area contributed by atoms with E-state index in [4.69, 9.17) is 0 Å². The summed E-state index contributed by atoms with van der Waals surface area (Å²) in [7, 11) is 0.